The maximum absolute atomic E-state index is 6.01. The molecule has 0 aliphatic heterocycles. The normalized spacial score (nSPS) is 10.4. The van der Waals surface area contributed by atoms with Crippen molar-refractivity contribution in [1.29, 1.82) is 0 Å². The molecule has 0 bridgehead atoms. The first-order chi connectivity index (χ1) is 12.7. The molecule has 0 fully saturated rings. The molecule has 0 atom stereocenters. The lowest BCUT2D eigenvalue weighted by Gasteiger charge is -2.09. The molecule has 0 aliphatic carbocycles. The minimum Gasteiger partial charge on any atom is -0.497 e. The first-order valence-corrected chi connectivity index (χ1v) is 8.78. The van der Waals surface area contributed by atoms with Gasteiger partial charge in [-0.15, -0.1) is 0 Å². The average Bonchev–Trinajstić information content (AvgIpc) is 2.67. The van der Waals surface area contributed by atoms with E-state index in [1.807, 2.05) is 48.5 Å². The second-order valence-electron chi connectivity index (χ2n) is 5.80. The van der Waals surface area contributed by atoms with E-state index >= 15 is 0 Å². The summed E-state index contributed by atoms with van der Waals surface area (Å²) >= 11 is 6.01. The van der Waals surface area contributed by atoms with Crippen LogP contribution in [0.3, 0.4) is 0 Å². The number of methoxy groups -OCH3 is 1. The molecule has 2 aromatic carbocycles. The van der Waals surface area contributed by atoms with Crippen LogP contribution in [0.1, 0.15) is 11.1 Å². The number of ether oxygens (including phenoxy) is 1. The third-order valence-electron chi connectivity index (χ3n) is 3.91. The Morgan fingerprint density at radius 3 is 2.42 bits per heavy atom. The highest BCUT2D eigenvalue weighted by Gasteiger charge is 2.01. The van der Waals surface area contributed by atoms with Crippen LogP contribution in [0.25, 0.3) is 0 Å². The van der Waals surface area contributed by atoms with Crippen molar-refractivity contribution < 1.29 is 4.74 Å². The number of anilines is 2. The quantitative estimate of drug-likeness (QED) is 0.617. The van der Waals surface area contributed by atoms with Crippen molar-refractivity contribution in [1.82, 2.24) is 9.97 Å². The Kier molecular flexibility index (Phi) is 6.28. The van der Waals surface area contributed by atoms with Gasteiger partial charge in [0.05, 0.1) is 7.11 Å². The minimum absolute atomic E-state index is 0.683. The third kappa shape index (κ3) is 5.36. The van der Waals surface area contributed by atoms with Crippen molar-refractivity contribution in [2.45, 2.75) is 13.0 Å². The fourth-order valence-electron chi connectivity index (χ4n) is 2.51. The highest BCUT2D eigenvalue weighted by Crippen LogP contribution is 2.15. The van der Waals surface area contributed by atoms with Crippen LogP contribution < -0.4 is 15.4 Å². The Morgan fingerprint density at radius 2 is 1.69 bits per heavy atom. The molecule has 5 nitrogen and oxygen atoms in total. The molecule has 2 N–H and O–H groups in total. The van der Waals surface area contributed by atoms with E-state index in [9.17, 15) is 0 Å². The first-order valence-electron chi connectivity index (χ1n) is 8.40. The zero-order valence-electron chi connectivity index (χ0n) is 14.6. The number of nitrogens with zero attached hydrogens (tertiary/aromatic N) is 2. The van der Waals surface area contributed by atoms with Gasteiger partial charge in [0.25, 0.3) is 0 Å². The van der Waals surface area contributed by atoms with Crippen LogP contribution in [0, 0.1) is 0 Å². The fourth-order valence-corrected chi connectivity index (χ4v) is 2.73. The summed E-state index contributed by atoms with van der Waals surface area (Å²) in [7, 11) is 1.66. The third-order valence-corrected chi connectivity index (χ3v) is 4.14. The van der Waals surface area contributed by atoms with E-state index in [-0.39, 0.29) is 0 Å². The summed E-state index contributed by atoms with van der Waals surface area (Å²) in [5.41, 5.74) is 2.34. The molecular weight excluding hydrogens is 348 g/mol. The second kappa shape index (κ2) is 9.06. The van der Waals surface area contributed by atoms with Crippen LogP contribution in [0.4, 0.5) is 11.6 Å². The summed E-state index contributed by atoms with van der Waals surface area (Å²) in [4.78, 5) is 8.52. The largest absolute Gasteiger partial charge is 0.497 e. The van der Waals surface area contributed by atoms with E-state index in [2.05, 4.69) is 26.7 Å². The first kappa shape index (κ1) is 18.0. The zero-order valence-corrected chi connectivity index (χ0v) is 15.3. The minimum atomic E-state index is 0.683. The number of hydrogen-bond donors (Lipinski definition) is 2. The van der Waals surface area contributed by atoms with Gasteiger partial charge in [0.1, 0.15) is 23.7 Å². The van der Waals surface area contributed by atoms with E-state index < -0.39 is 0 Å². The summed E-state index contributed by atoms with van der Waals surface area (Å²) in [6.07, 6.45) is 2.43. The van der Waals surface area contributed by atoms with Gasteiger partial charge < -0.3 is 15.4 Å². The van der Waals surface area contributed by atoms with Gasteiger partial charge in [0, 0.05) is 24.2 Å². The number of hydrogen-bond acceptors (Lipinski definition) is 5. The molecule has 0 unspecified atom stereocenters. The van der Waals surface area contributed by atoms with E-state index in [0.29, 0.717) is 6.54 Å². The molecule has 0 saturated carbocycles. The van der Waals surface area contributed by atoms with Crippen molar-refractivity contribution in [2.75, 3.05) is 24.3 Å². The topological polar surface area (TPSA) is 59.1 Å². The van der Waals surface area contributed by atoms with E-state index in [0.717, 1.165) is 40.9 Å². The van der Waals surface area contributed by atoms with Gasteiger partial charge in [-0.1, -0.05) is 35.9 Å². The average molecular weight is 369 g/mol. The molecule has 134 valence electrons. The Morgan fingerprint density at radius 1 is 0.923 bits per heavy atom. The highest BCUT2D eigenvalue weighted by atomic mass is 35.5. The molecule has 1 aromatic heterocycles. The zero-order chi connectivity index (χ0) is 18.2. The predicted octanol–water partition coefficient (Wildman–Crippen LogP) is 4.41. The molecule has 0 saturated heterocycles. The van der Waals surface area contributed by atoms with Gasteiger partial charge >= 0.3 is 0 Å². The van der Waals surface area contributed by atoms with Crippen LogP contribution in [-0.4, -0.2) is 23.6 Å². The molecule has 3 aromatic rings. The number of nitrogens with one attached hydrogen (secondary N) is 2. The lowest BCUT2D eigenvalue weighted by Crippen LogP contribution is -2.08. The van der Waals surface area contributed by atoms with Gasteiger partial charge in [-0.3, -0.25) is 0 Å². The van der Waals surface area contributed by atoms with E-state index in [1.54, 1.807) is 13.4 Å². The predicted molar refractivity (Wildman–Crippen MR) is 106 cm³/mol. The van der Waals surface area contributed by atoms with Crippen LogP contribution in [0.15, 0.2) is 60.9 Å². The molecule has 26 heavy (non-hydrogen) atoms. The summed E-state index contributed by atoms with van der Waals surface area (Å²) < 4.78 is 5.17. The second-order valence-corrected chi connectivity index (χ2v) is 6.23. The van der Waals surface area contributed by atoms with Gasteiger partial charge in [-0.25, -0.2) is 9.97 Å². The van der Waals surface area contributed by atoms with Crippen molar-refractivity contribution in [3.8, 4) is 5.75 Å². The summed E-state index contributed by atoms with van der Waals surface area (Å²) in [6, 6.07) is 17.7. The maximum Gasteiger partial charge on any atom is 0.131 e. The molecule has 0 amide bonds. The molecule has 3 rings (SSSR count). The monoisotopic (exact) mass is 368 g/mol. The molecular formula is C20H21ClN4O. The van der Waals surface area contributed by atoms with Crippen LogP contribution >= 0.6 is 11.6 Å². The van der Waals surface area contributed by atoms with Gasteiger partial charge in [0.2, 0.25) is 0 Å². The molecule has 0 radical (unpaired) electrons. The van der Waals surface area contributed by atoms with Crippen molar-refractivity contribution in [3.05, 3.63) is 77.1 Å². The lowest BCUT2D eigenvalue weighted by molar-refractivity contribution is 0.414. The molecule has 6 heteroatoms. The lowest BCUT2D eigenvalue weighted by atomic mass is 10.1. The summed E-state index contributed by atoms with van der Waals surface area (Å²) in [6.45, 7) is 1.46. The molecule has 0 spiro atoms. The Hall–Kier alpha value is -2.79. The van der Waals surface area contributed by atoms with E-state index in [1.165, 1.54) is 5.56 Å². The summed E-state index contributed by atoms with van der Waals surface area (Å²) in [5, 5.41) is 7.38. The molecule has 0 aliphatic rings. The van der Waals surface area contributed by atoms with Gasteiger partial charge in [-0.2, -0.15) is 0 Å². The SMILES string of the molecule is COc1ccc(CNc2cc(NCCc3cccc(Cl)c3)ncn2)cc1. The van der Waals surface area contributed by atoms with Crippen LogP contribution in [0.5, 0.6) is 5.75 Å². The van der Waals surface area contributed by atoms with Gasteiger partial charge in [-0.05, 0) is 41.8 Å². The number of aromatic nitrogens is 2. The van der Waals surface area contributed by atoms with E-state index in [4.69, 9.17) is 16.3 Å². The highest BCUT2D eigenvalue weighted by molar-refractivity contribution is 6.30. The van der Waals surface area contributed by atoms with Crippen molar-refractivity contribution >= 4 is 23.2 Å². The van der Waals surface area contributed by atoms with Crippen LogP contribution in [0.2, 0.25) is 5.02 Å². The summed E-state index contributed by atoms with van der Waals surface area (Å²) in [5.74, 6) is 2.42. The number of rotatable bonds is 8. The fraction of sp³-hybridized carbons (Fsp3) is 0.200. The smallest absolute Gasteiger partial charge is 0.131 e. The van der Waals surface area contributed by atoms with Crippen LogP contribution in [-0.2, 0) is 13.0 Å². The Bertz CT molecular complexity index is 839. The Balaban J connectivity index is 1.50. The number of halogens is 1. The standard InChI is InChI=1S/C20H21ClN4O/c1-26-18-7-5-16(6-8-18)13-23-20-12-19(24-14-25-20)22-10-9-15-3-2-4-17(21)11-15/h2-8,11-12,14H,9-10,13H2,1H3,(H2,22,23,24,25). The maximum atomic E-state index is 6.01. The van der Waals surface area contributed by atoms with Crippen molar-refractivity contribution in [3.63, 3.8) is 0 Å². The Labute approximate surface area is 158 Å². The van der Waals surface area contributed by atoms with Crippen molar-refractivity contribution in [2.24, 2.45) is 0 Å². The number of benzene rings is 2. The van der Waals surface area contributed by atoms with Gasteiger partial charge in [0.15, 0.2) is 0 Å². The molecule has 1 heterocycles.